The molecule has 2 bridgehead atoms. The minimum atomic E-state index is -4.93. The molecule has 1 aromatic rings. The van der Waals surface area contributed by atoms with Crippen molar-refractivity contribution in [2.45, 2.75) is 44.3 Å². The highest BCUT2D eigenvalue weighted by Gasteiger charge is 2.54. The Morgan fingerprint density at radius 1 is 1.42 bits per heavy atom. The van der Waals surface area contributed by atoms with Gasteiger partial charge in [-0.1, -0.05) is 13.8 Å². The van der Waals surface area contributed by atoms with Crippen LogP contribution in [-0.4, -0.2) is 41.6 Å². The summed E-state index contributed by atoms with van der Waals surface area (Å²) in [6.07, 6.45) is -4.43. The number of nitro groups is 1. The lowest BCUT2D eigenvalue weighted by Gasteiger charge is -2.54. The molecule has 1 aliphatic heterocycles. The standard InChI is InChI=1S/C17H19F3N2O4/c1-9-12-6-10-7-13(22(24)25)14(26-3)8-11(10)16(9,2)4-5-21(12)15(23)17(18,19)20/h7-9,12H,4-6H2,1-3H3/t9-,12?,16-/m1/s1. The summed E-state index contributed by atoms with van der Waals surface area (Å²) in [5, 5.41) is 11.3. The average Bonchev–Trinajstić information content (AvgIpc) is 2.55. The number of nitrogens with zero attached hydrogens (tertiary/aromatic N) is 2. The van der Waals surface area contributed by atoms with Gasteiger partial charge in [-0.2, -0.15) is 13.2 Å². The molecule has 0 N–H and O–H groups in total. The van der Waals surface area contributed by atoms with Gasteiger partial charge in [-0.25, -0.2) is 0 Å². The second kappa shape index (κ2) is 5.85. The van der Waals surface area contributed by atoms with Crippen LogP contribution in [0.3, 0.4) is 0 Å². The van der Waals surface area contributed by atoms with Crippen LogP contribution in [0.1, 0.15) is 31.4 Å². The van der Waals surface area contributed by atoms with E-state index in [-0.39, 0.29) is 30.3 Å². The van der Waals surface area contributed by atoms with Gasteiger partial charge in [0.2, 0.25) is 0 Å². The van der Waals surface area contributed by atoms with Crippen molar-refractivity contribution in [3.8, 4) is 5.75 Å². The first-order valence-electron chi connectivity index (χ1n) is 8.24. The molecular weight excluding hydrogens is 353 g/mol. The van der Waals surface area contributed by atoms with Crippen LogP contribution in [0.2, 0.25) is 0 Å². The zero-order chi connectivity index (χ0) is 19.4. The summed E-state index contributed by atoms with van der Waals surface area (Å²) in [6.45, 7) is 3.77. The molecule has 2 aliphatic rings. The van der Waals surface area contributed by atoms with Crippen LogP contribution in [0.15, 0.2) is 12.1 Å². The van der Waals surface area contributed by atoms with Gasteiger partial charge >= 0.3 is 17.8 Å². The molecule has 1 saturated heterocycles. The molecule has 1 fully saturated rings. The van der Waals surface area contributed by atoms with Gasteiger partial charge in [0.1, 0.15) is 0 Å². The molecule has 3 atom stereocenters. The van der Waals surface area contributed by atoms with E-state index < -0.39 is 28.5 Å². The van der Waals surface area contributed by atoms with Crippen LogP contribution >= 0.6 is 0 Å². The first-order valence-corrected chi connectivity index (χ1v) is 8.24. The molecule has 0 spiro atoms. The van der Waals surface area contributed by atoms with Crippen molar-refractivity contribution in [2.75, 3.05) is 13.7 Å². The predicted octanol–water partition coefficient (Wildman–Crippen LogP) is 3.22. The van der Waals surface area contributed by atoms with Crippen LogP contribution in [0.4, 0.5) is 18.9 Å². The maximum atomic E-state index is 12.9. The van der Waals surface area contributed by atoms with Crippen molar-refractivity contribution in [3.63, 3.8) is 0 Å². The van der Waals surface area contributed by atoms with Crippen molar-refractivity contribution in [3.05, 3.63) is 33.4 Å². The van der Waals surface area contributed by atoms with E-state index in [4.69, 9.17) is 4.74 Å². The largest absolute Gasteiger partial charge is 0.490 e. The Morgan fingerprint density at radius 3 is 2.62 bits per heavy atom. The van der Waals surface area contributed by atoms with E-state index in [1.54, 1.807) is 6.07 Å². The number of fused-ring (bicyclic) bond motifs is 4. The number of methoxy groups -OCH3 is 1. The number of benzene rings is 1. The zero-order valence-electron chi connectivity index (χ0n) is 14.6. The minimum Gasteiger partial charge on any atom is -0.490 e. The van der Waals surface area contributed by atoms with Crippen molar-refractivity contribution < 1.29 is 27.6 Å². The Labute approximate surface area is 148 Å². The number of hydrogen-bond acceptors (Lipinski definition) is 4. The highest BCUT2D eigenvalue weighted by Crippen LogP contribution is 2.51. The van der Waals surface area contributed by atoms with E-state index in [9.17, 15) is 28.1 Å². The fourth-order valence-corrected chi connectivity index (χ4v) is 4.37. The number of rotatable bonds is 2. The van der Waals surface area contributed by atoms with Gasteiger partial charge in [0.05, 0.1) is 12.0 Å². The molecule has 0 radical (unpaired) electrons. The summed E-state index contributed by atoms with van der Waals surface area (Å²) < 4.78 is 44.0. The van der Waals surface area contributed by atoms with Crippen molar-refractivity contribution in [2.24, 2.45) is 5.92 Å². The van der Waals surface area contributed by atoms with Gasteiger partial charge in [-0.15, -0.1) is 0 Å². The van der Waals surface area contributed by atoms with Crippen molar-refractivity contribution in [1.82, 2.24) is 4.90 Å². The summed E-state index contributed by atoms with van der Waals surface area (Å²) in [6, 6.07) is 2.34. The third kappa shape index (κ3) is 2.60. The van der Waals surface area contributed by atoms with E-state index in [2.05, 4.69) is 0 Å². The van der Waals surface area contributed by atoms with E-state index in [0.29, 0.717) is 12.0 Å². The Balaban J connectivity index is 2.10. The zero-order valence-corrected chi connectivity index (χ0v) is 14.6. The molecule has 142 valence electrons. The Kier molecular flexibility index (Phi) is 4.16. The van der Waals surface area contributed by atoms with Gasteiger partial charge in [-0.3, -0.25) is 14.9 Å². The van der Waals surface area contributed by atoms with E-state index in [1.807, 2.05) is 13.8 Å². The third-order valence-corrected chi connectivity index (χ3v) is 6.00. The van der Waals surface area contributed by atoms with Gasteiger partial charge in [0.15, 0.2) is 5.75 Å². The molecular formula is C17H19F3N2O4. The number of carbonyl (C=O) groups excluding carboxylic acids is 1. The lowest BCUT2D eigenvalue weighted by Crippen LogP contribution is -2.61. The summed E-state index contributed by atoms with van der Waals surface area (Å²) in [5.74, 6) is -1.93. The second-order valence-electron chi connectivity index (χ2n) is 7.16. The monoisotopic (exact) mass is 372 g/mol. The number of carbonyl (C=O) groups is 1. The second-order valence-corrected chi connectivity index (χ2v) is 7.16. The summed E-state index contributed by atoms with van der Waals surface area (Å²) >= 11 is 0. The number of nitro benzene ring substituents is 1. The maximum absolute atomic E-state index is 12.9. The Hall–Kier alpha value is -2.32. The predicted molar refractivity (Wildman–Crippen MR) is 86.0 cm³/mol. The maximum Gasteiger partial charge on any atom is 0.471 e. The number of piperidine rings is 1. The Morgan fingerprint density at radius 2 is 2.08 bits per heavy atom. The van der Waals surface area contributed by atoms with Gasteiger partial charge < -0.3 is 9.64 Å². The number of likely N-dealkylation sites (tertiary alicyclic amines) is 1. The Bertz CT molecular complexity index is 780. The lowest BCUT2D eigenvalue weighted by molar-refractivity contribution is -0.385. The molecule has 26 heavy (non-hydrogen) atoms. The molecule has 1 aliphatic carbocycles. The molecule has 9 heteroatoms. The average molecular weight is 372 g/mol. The molecule has 0 aromatic heterocycles. The summed E-state index contributed by atoms with van der Waals surface area (Å²) in [4.78, 5) is 23.4. The van der Waals surface area contributed by atoms with E-state index in [0.717, 1.165) is 10.5 Å². The topological polar surface area (TPSA) is 72.7 Å². The van der Waals surface area contributed by atoms with Crippen molar-refractivity contribution >= 4 is 11.6 Å². The van der Waals surface area contributed by atoms with E-state index in [1.165, 1.54) is 13.2 Å². The third-order valence-electron chi connectivity index (χ3n) is 6.00. The number of amides is 1. The number of alkyl halides is 3. The molecule has 1 unspecified atom stereocenters. The first kappa shape index (κ1) is 18.5. The van der Waals surface area contributed by atoms with Crippen LogP contribution in [-0.2, 0) is 16.6 Å². The fourth-order valence-electron chi connectivity index (χ4n) is 4.37. The smallest absolute Gasteiger partial charge is 0.471 e. The van der Waals surface area contributed by atoms with Gasteiger partial charge in [0.25, 0.3) is 0 Å². The molecule has 1 aromatic carbocycles. The van der Waals surface area contributed by atoms with Gasteiger partial charge in [0, 0.05) is 18.7 Å². The SMILES string of the molecule is COc1cc2c(cc1[N+](=O)[O-])CC1[C@@H](C)[C@@]2(C)CCN1C(=O)C(F)(F)F. The minimum absolute atomic E-state index is 0.00257. The highest BCUT2D eigenvalue weighted by atomic mass is 19.4. The quantitative estimate of drug-likeness (QED) is 0.590. The first-order chi connectivity index (χ1) is 12.0. The molecule has 3 rings (SSSR count). The van der Waals surface area contributed by atoms with Crippen LogP contribution in [0.5, 0.6) is 5.75 Å². The van der Waals surface area contributed by atoms with E-state index >= 15 is 0 Å². The lowest BCUT2D eigenvalue weighted by atomic mass is 9.59. The van der Waals surface area contributed by atoms with Crippen LogP contribution < -0.4 is 4.74 Å². The molecule has 1 amide bonds. The number of halogens is 3. The fraction of sp³-hybridized carbons (Fsp3) is 0.588. The number of ether oxygens (including phenoxy) is 1. The van der Waals surface area contributed by atoms with Crippen molar-refractivity contribution in [1.29, 1.82) is 0 Å². The van der Waals surface area contributed by atoms with Gasteiger partial charge in [-0.05, 0) is 41.4 Å². The summed E-state index contributed by atoms with van der Waals surface area (Å²) in [5.41, 5.74) is 0.741. The molecule has 1 heterocycles. The normalized spacial score (nSPS) is 27.7. The van der Waals surface area contributed by atoms with Crippen LogP contribution in [0, 0.1) is 16.0 Å². The number of hydrogen-bond donors (Lipinski definition) is 0. The highest BCUT2D eigenvalue weighted by molar-refractivity contribution is 5.82. The van der Waals surface area contributed by atoms with Crippen LogP contribution in [0.25, 0.3) is 0 Å². The summed E-state index contributed by atoms with van der Waals surface area (Å²) in [7, 11) is 1.34. The molecule has 0 saturated carbocycles. The molecule has 6 nitrogen and oxygen atoms in total.